The van der Waals surface area contributed by atoms with E-state index in [1.807, 2.05) is 0 Å². The first-order chi connectivity index (χ1) is 15.7. The highest BCUT2D eigenvalue weighted by molar-refractivity contribution is 7.98. The van der Waals surface area contributed by atoms with Crippen molar-refractivity contribution in [3.63, 3.8) is 0 Å². The van der Waals surface area contributed by atoms with Crippen molar-refractivity contribution >= 4 is 35.0 Å². The number of benzene rings is 2. The molecule has 0 aliphatic rings. The summed E-state index contributed by atoms with van der Waals surface area (Å²) in [6, 6.07) is 9.37. The minimum absolute atomic E-state index is 0.0287. The van der Waals surface area contributed by atoms with Crippen molar-refractivity contribution in [1.29, 1.82) is 0 Å². The third-order valence-corrected chi connectivity index (χ3v) is 5.17. The standard InChI is InChI=1S/C21H19FN4O6S/c1-12(19(27)24-16-9-8-15(31-2)10-17(16)26(29)30)32-20(28)18-11-23-21(33-3)25(18)14-6-4-13(22)5-7-14/h4-12H,1-3H3,(H,24,27). The Morgan fingerprint density at radius 3 is 2.55 bits per heavy atom. The Balaban J connectivity index is 1.79. The lowest BCUT2D eigenvalue weighted by atomic mass is 10.2. The minimum Gasteiger partial charge on any atom is -0.496 e. The first-order valence-electron chi connectivity index (χ1n) is 9.47. The lowest BCUT2D eigenvalue weighted by Crippen LogP contribution is -2.30. The summed E-state index contributed by atoms with van der Waals surface area (Å²) in [6.07, 6.45) is 1.76. The van der Waals surface area contributed by atoms with Crippen LogP contribution in [0.2, 0.25) is 0 Å². The van der Waals surface area contributed by atoms with Gasteiger partial charge in [0.05, 0.1) is 24.3 Å². The molecule has 0 aliphatic heterocycles. The summed E-state index contributed by atoms with van der Waals surface area (Å²) in [5.74, 6) is -1.81. The van der Waals surface area contributed by atoms with Gasteiger partial charge in [0.2, 0.25) is 0 Å². The number of amides is 1. The Hall–Kier alpha value is -3.93. The number of imidazole rings is 1. The SMILES string of the molecule is COc1ccc(NC(=O)C(C)OC(=O)c2cnc(SC)n2-c2ccc(F)cc2)c([N+](=O)[O-])c1. The van der Waals surface area contributed by atoms with Crippen LogP contribution >= 0.6 is 11.8 Å². The molecule has 0 saturated carbocycles. The van der Waals surface area contributed by atoms with Crippen LogP contribution in [0.4, 0.5) is 15.8 Å². The number of hydrogen-bond donors (Lipinski definition) is 1. The highest BCUT2D eigenvalue weighted by Gasteiger charge is 2.26. The van der Waals surface area contributed by atoms with Crippen molar-refractivity contribution in [3.8, 4) is 11.4 Å². The number of rotatable bonds is 8. The average Bonchev–Trinajstić information content (AvgIpc) is 3.24. The molecule has 2 aromatic carbocycles. The first kappa shape index (κ1) is 23.7. The van der Waals surface area contributed by atoms with Crippen LogP contribution in [0.3, 0.4) is 0 Å². The molecule has 3 aromatic rings. The van der Waals surface area contributed by atoms with E-state index in [2.05, 4.69) is 10.3 Å². The van der Waals surface area contributed by atoms with Gasteiger partial charge in [0.1, 0.15) is 17.3 Å². The number of thioether (sulfide) groups is 1. The van der Waals surface area contributed by atoms with Gasteiger partial charge in [0, 0.05) is 5.69 Å². The number of aromatic nitrogens is 2. The zero-order valence-corrected chi connectivity index (χ0v) is 18.6. The largest absolute Gasteiger partial charge is 0.496 e. The highest BCUT2D eigenvalue weighted by atomic mass is 32.2. The number of carbonyl (C=O) groups is 2. The number of ether oxygens (including phenoxy) is 2. The van der Waals surface area contributed by atoms with Gasteiger partial charge in [-0.2, -0.15) is 0 Å². The lowest BCUT2D eigenvalue weighted by molar-refractivity contribution is -0.384. The second-order valence-corrected chi connectivity index (χ2v) is 7.39. The van der Waals surface area contributed by atoms with E-state index in [0.29, 0.717) is 10.8 Å². The Labute approximate surface area is 191 Å². The Morgan fingerprint density at radius 1 is 1.24 bits per heavy atom. The summed E-state index contributed by atoms with van der Waals surface area (Å²) < 4.78 is 25.0. The maximum absolute atomic E-state index is 13.3. The predicted octanol–water partition coefficient (Wildman–Crippen LogP) is 3.83. The number of methoxy groups -OCH3 is 1. The quantitative estimate of drug-likeness (QED) is 0.226. The van der Waals surface area contributed by atoms with Crippen LogP contribution in [0.5, 0.6) is 5.75 Å². The Kier molecular flexibility index (Phi) is 7.28. The van der Waals surface area contributed by atoms with Crippen molar-refractivity contribution < 1.29 is 28.4 Å². The summed E-state index contributed by atoms with van der Waals surface area (Å²) in [5.41, 5.74) is 0.0622. The molecule has 10 nitrogen and oxygen atoms in total. The van der Waals surface area contributed by atoms with Crippen molar-refractivity contribution in [2.24, 2.45) is 0 Å². The molecule has 0 saturated heterocycles. The topological polar surface area (TPSA) is 126 Å². The van der Waals surface area contributed by atoms with Crippen molar-refractivity contribution in [2.45, 2.75) is 18.2 Å². The number of halogens is 1. The van der Waals surface area contributed by atoms with Gasteiger partial charge in [-0.15, -0.1) is 0 Å². The van der Waals surface area contributed by atoms with Crippen LogP contribution in [-0.2, 0) is 9.53 Å². The zero-order valence-electron chi connectivity index (χ0n) is 17.8. The predicted molar refractivity (Wildman–Crippen MR) is 118 cm³/mol. The molecule has 1 unspecified atom stereocenters. The van der Waals surface area contributed by atoms with Gasteiger partial charge in [-0.3, -0.25) is 19.5 Å². The maximum atomic E-state index is 13.3. The van der Waals surface area contributed by atoms with E-state index in [1.165, 1.54) is 73.0 Å². The van der Waals surface area contributed by atoms with Crippen LogP contribution in [0.15, 0.2) is 53.8 Å². The molecule has 1 heterocycles. The van der Waals surface area contributed by atoms with E-state index < -0.39 is 28.7 Å². The molecule has 33 heavy (non-hydrogen) atoms. The molecule has 0 radical (unpaired) electrons. The number of carbonyl (C=O) groups excluding carboxylic acids is 2. The van der Waals surface area contributed by atoms with Crippen LogP contribution in [0.1, 0.15) is 17.4 Å². The molecule has 1 amide bonds. The molecule has 172 valence electrons. The molecule has 12 heteroatoms. The molecular weight excluding hydrogens is 455 g/mol. The molecule has 1 N–H and O–H groups in total. The fourth-order valence-electron chi connectivity index (χ4n) is 2.87. The van der Waals surface area contributed by atoms with Gasteiger partial charge in [0.25, 0.3) is 11.6 Å². The number of esters is 1. The molecule has 3 rings (SSSR count). The molecule has 0 aliphatic carbocycles. The van der Waals surface area contributed by atoms with Gasteiger partial charge in [-0.1, -0.05) is 11.8 Å². The smallest absolute Gasteiger partial charge is 0.357 e. The zero-order chi connectivity index (χ0) is 24.1. The van der Waals surface area contributed by atoms with Crippen molar-refractivity contribution in [2.75, 3.05) is 18.7 Å². The summed E-state index contributed by atoms with van der Waals surface area (Å²) in [4.78, 5) is 40.1. The van der Waals surface area contributed by atoms with E-state index in [1.54, 1.807) is 6.26 Å². The fourth-order valence-corrected chi connectivity index (χ4v) is 3.41. The number of nitrogens with zero attached hydrogens (tertiary/aromatic N) is 3. The number of anilines is 1. The second-order valence-electron chi connectivity index (χ2n) is 6.62. The van der Waals surface area contributed by atoms with E-state index in [0.717, 1.165) is 6.07 Å². The Morgan fingerprint density at radius 2 is 1.94 bits per heavy atom. The third kappa shape index (κ3) is 5.29. The van der Waals surface area contributed by atoms with Crippen LogP contribution < -0.4 is 10.1 Å². The number of nitro groups is 1. The molecular formula is C21H19FN4O6S. The Bertz CT molecular complexity index is 1200. The van der Waals surface area contributed by atoms with E-state index >= 15 is 0 Å². The average molecular weight is 474 g/mol. The van der Waals surface area contributed by atoms with Crippen molar-refractivity contribution in [3.05, 3.63) is 70.3 Å². The molecule has 1 aromatic heterocycles. The van der Waals surface area contributed by atoms with Gasteiger partial charge >= 0.3 is 5.97 Å². The number of nitro benzene ring substituents is 1. The summed E-state index contributed by atoms with van der Waals surface area (Å²) in [5, 5.41) is 14.2. The van der Waals surface area contributed by atoms with Crippen LogP contribution in [0.25, 0.3) is 5.69 Å². The lowest BCUT2D eigenvalue weighted by Gasteiger charge is -2.15. The second kappa shape index (κ2) is 10.1. The number of hydrogen-bond acceptors (Lipinski definition) is 8. The van der Waals surface area contributed by atoms with Gasteiger partial charge in [0.15, 0.2) is 17.0 Å². The number of nitrogens with one attached hydrogen (secondary N) is 1. The monoisotopic (exact) mass is 474 g/mol. The van der Waals surface area contributed by atoms with Crippen LogP contribution in [-0.4, -0.2) is 45.8 Å². The molecule has 0 bridgehead atoms. The van der Waals surface area contributed by atoms with Gasteiger partial charge in [-0.05, 0) is 49.6 Å². The fraction of sp³-hybridized carbons (Fsp3) is 0.190. The van der Waals surface area contributed by atoms with Gasteiger partial charge < -0.3 is 14.8 Å². The summed E-state index contributed by atoms with van der Waals surface area (Å²) in [7, 11) is 1.36. The van der Waals surface area contributed by atoms with Crippen molar-refractivity contribution in [1.82, 2.24) is 9.55 Å². The molecule has 0 spiro atoms. The summed E-state index contributed by atoms with van der Waals surface area (Å²) in [6.45, 7) is 1.33. The third-order valence-electron chi connectivity index (χ3n) is 4.52. The van der Waals surface area contributed by atoms with Gasteiger partial charge in [-0.25, -0.2) is 14.2 Å². The maximum Gasteiger partial charge on any atom is 0.357 e. The van der Waals surface area contributed by atoms with E-state index in [-0.39, 0.29) is 22.8 Å². The van der Waals surface area contributed by atoms with E-state index in [4.69, 9.17) is 9.47 Å². The van der Waals surface area contributed by atoms with Crippen LogP contribution in [0, 0.1) is 15.9 Å². The summed E-state index contributed by atoms with van der Waals surface area (Å²) >= 11 is 1.26. The molecule has 0 fully saturated rings. The van der Waals surface area contributed by atoms with E-state index in [9.17, 15) is 24.1 Å². The highest BCUT2D eigenvalue weighted by Crippen LogP contribution is 2.29. The first-order valence-corrected chi connectivity index (χ1v) is 10.7. The molecule has 1 atom stereocenters. The normalized spacial score (nSPS) is 11.5. The minimum atomic E-state index is -1.28.